The largest absolute Gasteiger partial charge is 0.469 e. The molecule has 22 heavy (non-hydrogen) atoms. The molecule has 1 aliphatic heterocycles. The van der Waals surface area contributed by atoms with Gasteiger partial charge in [0.15, 0.2) is 5.96 Å². The fraction of sp³-hybridized carbons (Fsp3) is 0.500. The highest BCUT2D eigenvalue weighted by molar-refractivity contribution is 14.0. The maximum Gasteiger partial charge on any atom is 0.307 e. The first kappa shape index (κ1) is 18.7. The lowest BCUT2D eigenvalue weighted by molar-refractivity contribution is -0.140. The van der Waals surface area contributed by atoms with E-state index in [0.29, 0.717) is 18.9 Å². The topological polar surface area (TPSA) is 53.9 Å². The molecule has 1 unspecified atom stereocenters. The number of nitrogens with one attached hydrogen (secondary N) is 1. The molecule has 2 rings (SSSR count). The van der Waals surface area contributed by atoms with E-state index in [1.54, 1.807) is 7.05 Å². The first-order chi connectivity index (χ1) is 10.2. The number of carbonyl (C=O) groups excluding carboxylic acids is 1. The van der Waals surface area contributed by atoms with Gasteiger partial charge in [-0.3, -0.25) is 9.79 Å². The van der Waals surface area contributed by atoms with Crippen LogP contribution in [0.3, 0.4) is 0 Å². The minimum Gasteiger partial charge on any atom is -0.469 e. The predicted octanol–water partition coefficient (Wildman–Crippen LogP) is 2.23. The first-order valence-electron chi connectivity index (χ1n) is 7.32. The normalized spacial score (nSPS) is 17.8. The molecule has 1 aliphatic rings. The Balaban J connectivity index is 0.00000242. The fourth-order valence-corrected chi connectivity index (χ4v) is 2.66. The first-order valence-corrected chi connectivity index (χ1v) is 7.32. The zero-order chi connectivity index (χ0) is 15.1. The Labute approximate surface area is 149 Å². The lowest BCUT2D eigenvalue weighted by atomic mass is 9.99. The van der Waals surface area contributed by atoms with Gasteiger partial charge in [0.25, 0.3) is 0 Å². The van der Waals surface area contributed by atoms with Gasteiger partial charge in [0, 0.05) is 32.6 Å². The van der Waals surface area contributed by atoms with Crippen molar-refractivity contribution in [3.05, 3.63) is 35.9 Å². The van der Waals surface area contributed by atoms with E-state index in [0.717, 1.165) is 25.5 Å². The molecule has 6 heteroatoms. The lowest BCUT2D eigenvalue weighted by Crippen LogP contribution is -2.40. The number of hydrogen-bond donors (Lipinski definition) is 1. The summed E-state index contributed by atoms with van der Waals surface area (Å²) in [6.45, 7) is 2.49. The molecule has 1 saturated heterocycles. The van der Waals surface area contributed by atoms with E-state index in [9.17, 15) is 4.79 Å². The van der Waals surface area contributed by atoms with Crippen molar-refractivity contribution in [3.63, 3.8) is 0 Å². The number of aliphatic imine (C=N–C) groups is 1. The fourth-order valence-electron chi connectivity index (χ4n) is 2.66. The summed E-state index contributed by atoms with van der Waals surface area (Å²) in [5.74, 6) is 1.20. The van der Waals surface area contributed by atoms with Gasteiger partial charge in [-0.2, -0.15) is 0 Å². The molecule has 0 saturated carbocycles. The summed E-state index contributed by atoms with van der Waals surface area (Å²) in [5.41, 5.74) is 1.38. The third kappa shape index (κ3) is 5.15. The molecule has 0 radical (unpaired) electrons. The Hall–Kier alpha value is -1.31. The van der Waals surface area contributed by atoms with Gasteiger partial charge in [0.05, 0.1) is 13.5 Å². The Kier molecular flexibility index (Phi) is 8.22. The van der Waals surface area contributed by atoms with Gasteiger partial charge >= 0.3 is 5.97 Å². The van der Waals surface area contributed by atoms with E-state index in [4.69, 9.17) is 0 Å². The number of nitrogens with zero attached hydrogens (tertiary/aromatic N) is 2. The van der Waals surface area contributed by atoms with Crippen LogP contribution in [-0.2, 0) is 9.53 Å². The third-order valence-corrected chi connectivity index (χ3v) is 3.81. The number of rotatable bonds is 4. The predicted molar refractivity (Wildman–Crippen MR) is 98.8 cm³/mol. The van der Waals surface area contributed by atoms with Crippen LogP contribution in [-0.4, -0.2) is 50.6 Å². The van der Waals surface area contributed by atoms with Crippen molar-refractivity contribution in [2.24, 2.45) is 4.99 Å². The Morgan fingerprint density at radius 2 is 2.14 bits per heavy atom. The minimum atomic E-state index is -0.207. The smallest absolute Gasteiger partial charge is 0.307 e. The van der Waals surface area contributed by atoms with Crippen molar-refractivity contribution in [2.75, 3.05) is 33.8 Å². The van der Waals surface area contributed by atoms with Crippen LogP contribution in [0.4, 0.5) is 0 Å². The highest BCUT2D eigenvalue weighted by atomic mass is 127. The van der Waals surface area contributed by atoms with Gasteiger partial charge in [-0.05, 0) is 12.0 Å². The summed E-state index contributed by atoms with van der Waals surface area (Å²) < 4.78 is 4.63. The van der Waals surface area contributed by atoms with Crippen molar-refractivity contribution in [1.82, 2.24) is 10.2 Å². The second-order valence-electron chi connectivity index (χ2n) is 5.14. The van der Waals surface area contributed by atoms with Crippen molar-refractivity contribution >= 4 is 35.9 Å². The van der Waals surface area contributed by atoms with Gasteiger partial charge in [0.1, 0.15) is 0 Å². The summed E-state index contributed by atoms with van der Waals surface area (Å²) in [4.78, 5) is 17.7. The molecule has 1 atom stereocenters. The summed E-state index contributed by atoms with van der Waals surface area (Å²) >= 11 is 0. The summed E-state index contributed by atoms with van der Waals surface area (Å²) in [6.07, 6.45) is 1.48. The third-order valence-electron chi connectivity index (χ3n) is 3.81. The van der Waals surface area contributed by atoms with Crippen LogP contribution in [0.2, 0.25) is 0 Å². The molecule has 1 heterocycles. The standard InChI is InChI=1S/C16H23N3O2.HI/c1-17-16(18-10-8-15(20)21-2)19-11-9-14(12-19)13-6-4-3-5-7-13;/h3-7,14H,8-12H2,1-2H3,(H,17,18);1H. The van der Waals surface area contributed by atoms with E-state index in [1.807, 2.05) is 6.07 Å². The van der Waals surface area contributed by atoms with Crippen molar-refractivity contribution in [1.29, 1.82) is 0 Å². The number of ether oxygens (including phenoxy) is 1. The second-order valence-corrected chi connectivity index (χ2v) is 5.14. The monoisotopic (exact) mass is 417 g/mol. The molecule has 0 spiro atoms. The van der Waals surface area contributed by atoms with Crippen LogP contribution in [0.25, 0.3) is 0 Å². The number of halogens is 1. The number of esters is 1. The van der Waals surface area contributed by atoms with Crippen molar-refractivity contribution < 1.29 is 9.53 Å². The molecular weight excluding hydrogens is 393 g/mol. The molecule has 0 aromatic heterocycles. The molecule has 1 aromatic carbocycles. The molecule has 5 nitrogen and oxygen atoms in total. The van der Waals surface area contributed by atoms with Gasteiger partial charge < -0.3 is 15.0 Å². The molecule has 1 N–H and O–H groups in total. The number of likely N-dealkylation sites (tertiary alicyclic amines) is 1. The molecular formula is C16H24IN3O2. The van der Waals surface area contributed by atoms with E-state index in [1.165, 1.54) is 12.7 Å². The van der Waals surface area contributed by atoms with E-state index in [2.05, 4.69) is 44.2 Å². The molecule has 0 bridgehead atoms. The molecule has 0 amide bonds. The van der Waals surface area contributed by atoms with Crippen molar-refractivity contribution in [2.45, 2.75) is 18.8 Å². The number of benzene rings is 1. The van der Waals surface area contributed by atoms with Crippen LogP contribution >= 0.6 is 24.0 Å². The van der Waals surface area contributed by atoms with Crippen LogP contribution in [0.5, 0.6) is 0 Å². The number of guanidine groups is 1. The number of carbonyl (C=O) groups is 1. The average molecular weight is 417 g/mol. The lowest BCUT2D eigenvalue weighted by Gasteiger charge is -2.21. The molecule has 1 aromatic rings. The Bertz CT molecular complexity index is 493. The molecule has 0 aliphatic carbocycles. The summed E-state index contributed by atoms with van der Waals surface area (Å²) in [5, 5.41) is 3.22. The van der Waals surface area contributed by atoms with Gasteiger partial charge in [-0.25, -0.2) is 0 Å². The summed E-state index contributed by atoms with van der Waals surface area (Å²) in [6, 6.07) is 10.6. The average Bonchev–Trinajstić information content (AvgIpc) is 3.02. The van der Waals surface area contributed by atoms with E-state index >= 15 is 0 Å². The van der Waals surface area contributed by atoms with Gasteiger partial charge in [-0.1, -0.05) is 30.3 Å². The van der Waals surface area contributed by atoms with Crippen LogP contribution in [0.1, 0.15) is 24.3 Å². The zero-order valence-electron chi connectivity index (χ0n) is 13.1. The Morgan fingerprint density at radius 1 is 1.41 bits per heavy atom. The van der Waals surface area contributed by atoms with E-state index < -0.39 is 0 Å². The van der Waals surface area contributed by atoms with Gasteiger partial charge in [0.2, 0.25) is 0 Å². The number of hydrogen-bond acceptors (Lipinski definition) is 3. The van der Waals surface area contributed by atoms with Crippen molar-refractivity contribution in [3.8, 4) is 0 Å². The van der Waals surface area contributed by atoms with Crippen LogP contribution in [0, 0.1) is 0 Å². The van der Waals surface area contributed by atoms with Crippen LogP contribution < -0.4 is 5.32 Å². The highest BCUT2D eigenvalue weighted by Crippen LogP contribution is 2.26. The maximum absolute atomic E-state index is 11.1. The van der Waals surface area contributed by atoms with Crippen LogP contribution in [0.15, 0.2) is 35.3 Å². The van der Waals surface area contributed by atoms with Gasteiger partial charge in [-0.15, -0.1) is 24.0 Å². The number of methoxy groups -OCH3 is 1. The highest BCUT2D eigenvalue weighted by Gasteiger charge is 2.25. The quantitative estimate of drug-likeness (QED) is 0.354. The SMILES string of the molecule is CN=C(NCCC(=O)OC)N1CCC(c2ccccc2)C1.I. The summed E-state index contributed by atoms with van der Waals surface area (Å²) in [7, 11) is 3.18. The molecule has 122 valence electrons. The second kappa shape index (κ2) is 9.66. The molecule has 1 fully saturated rings. The Morgan fingerprint density at radius 3 is 2.77 bits per heavy atom. The van der Waals surface area contributed by atoms with E-state index in [-0.39, 0.29) is 29.9 Å². The zero-order valence-corrected chi connectivity index (χ0v) is 15.4. The maximum atomic E-state index is 11.1. The minimum absolute atomic E-state index is 0.